The number of amides is 1. The minimum absolute atomic E-state index is 0.189. The Morgan fingerprint density at radius 1 is 1.20 bits per heavy atom. The van der Waals surface area contributed by atoms with Crippen LogP contribution in [0.15, 0.2) is 52.0 Å². The van der Waals surface area contributed by atoms with Gasteiger partial charge in [-0.2, -0.15) is 4.31 Å². The molecule has 3 heterocycles. The van der Waals surface area contributed by atoms with Gasteiger partial charge in [-0.05, 0) is 42.6 Å². The van der Waals surface area contributed by atoms with E-state index in [1.807, 2.05) is 11.4 Å². The van der Waals surface area contributed by atoms with Crippen molar-refractivity contribution in [3.05, 3.63) is 42.0 Å². The average molecular weight is 465 g/mol. The molecular formula is C19H20N4O4S3. The zero-order valence-electron chi connectivity index (χ0n) is 16.1. The molecular weight excluding hydrogens is 444 g/mol. The van der Waals surface area contributed by atoms with Crippen molar-refractivity contribution in [3.63, 3.8) is 0 Å². The van der Waals surface area contributed by atoms with Gasteiger partial charge in [0, 0.05) is 24.2 Å². The first-order chi connectivity index (χ1) is 14.4. The topological polar surface area (TPSA) is 101 Å². The SMILES string of the molecule is C[C@@H](Sc1ncnc2sccc12)C(=O)Nc1ccc(S(=O)(=O)N2CCOCC2)cc1. The van der Waals surface area contributed by atoms with Crippen LogP contribution in [-0.4, -0.2) is 60.2 Å². The highest BCUT2D eigenvalue weighted by molar-refractivity contribution is 8.00. The molecule has 11 heteroatoms. The maximum absolute atomic E-state index is 12.7. The molecule has 0 saturated carbocycles. The number of thiophene rings is 1. The molecule has 0 unspecified atom stereocenters. The second-order valence-corrected chi connectivity index (χ2v) is 10.8. The van der Waals surface area contributed by atoms with Crippen LogP contribution in [0, 0.1) is 0 Å². The number of sulfonamides is 1. The molecule has 2 aromatic heterocycles. The molecule has 0 spiro atoms. The Hall–Kier alpha value is -2.05. The van der Waals surface area contributed by atoms with E-state index in [0.717, 1.165) is 15.2 Å². The smallest absolute Gasteiger partial charge is 0.243 e. The van der Waals surface area contributed by atoms with Gasteiger partial charge in [-0.15, -0.1) is 11.3 Å². The van der Waals surface area contributed by atoms with Crippen LogP contribution in [0.4, 0.5) is 5.69 Å². The number of benzene rings is 1. The molecule has 1 atom stereocenters. The van der Waals surface area contributed by atoms with Crippen LogP contribution in [0.25, 0.3) is 10.2 Å². The Morgan fingerprint density at radius 2 is 1.93 bits per heavy atom. The van der Waals surface area contributed by atoms with Gasteiger partial charge in [-0.25, -0.2) is 18.4 Å². The summed E-state index contributed by atoms with van der Waals surface area (Å²) >= 11 is 2.89. The van der Waals surface area contributed by atoms with Crippen LogP contribution in [0.3, 0.4) is 0 Å². The Labute approximate surface area is 182 Å². The lowest BCUT2D eigenvalue weighted by molar-refractivity contribution is -0.115. The molecule has 0 radical (unpaired) electrons. The van der Waals surface area contributed by atoms with Crippen LogP contribution >= 0.6 is 23.1 Å². The Bertz CT molecular complexity index is 1140. The molecule has 4 rings (SSSR count). The van der Waals surface area contributed by atoms with Gasteiger partial charge in [-0.3, -0.25) is 4.79 Å². The lowest BCUT2D eigenvalue weighted by atomic mass is 10.3. The molecule has 0 aliphatic carbocycles. The number of rotatable bonds is 6. The fraction of sp³-hybridized carbons (Fsp3) is 0.316. The normalized spacial score (nSPS) is 16.4. The lowest BCUT2D eigenvalue weighted by Crippen LogP contribution is -2.40. The minimum atomic E-state index is -3.56. The predicted octanol–water partition coefficient (Wildman–Crippen LogP) is 2.83. The summed E-state index contributed by atoms with van der Waals surface area (Å²) in [7, 11) is -3.56. The lowest BCUT2D eigenvalue weighted by Gasteiger charge is -2.26. The minimum Gasteiger partial charge on any atom is -0.379 e. The van der Waals surface area contributed by atoms with E-state index in [2.05, 4.69) is 15.3 Å². The molecule has 3 aromatic rings. The van der Waals surface area contributed by atoms with Crippen molar-refractivity contribution in [2.45, 2.75) is 22.1 Å². The third-order valence-electron chi connectivity index (χ3n) is 4.61. The fourth-order valence-corrected chi connectivity index (χ4v) is 6.08. The number of fused-ring (bicyclic) bond motifs is 1. The number of ether oxygens (including phenoxy) is 1. The summed E-state index contributed by atoms with van der Waals surface area (Å²) in [5.41, 5.74) is 0.539. The number of anilines is 1. The summed E-state index contributed by atoms with van der Waals surface area (Å²) in [6, 6.07) is 8.17. The first-order valence-corrected chi connectivity index (χ1v) is 12.5. The van der Waals surface area contributed by atoms with E-state index in [0.29, 0.717) is 32.0 Å². The molecule has 158 valence electrons. The standard InChI is InChI=1S/C19H20N4O4S3/c1-13(29-19-16-6-11-28-18(16)20-12-21-19)17(24)22-14-2-4-15(5-3-14)30(25,26)23-7-9-27-10-8-23/h2-6,11-13H,7-10H2,1H3,(H,22,24)/t13-/m1/s1. The number of hydrogen-bond acceptors (Lipinski definition) is 8. The van der Waals surface area contributed by atoms with Crippen LogP contribution in [0.2, 0.25) is 0 Å². The first-order valence-electron chi connectivity index (χ1n) is 9.29. The van der Waals surface area contributed by atoms with E-state index in [4.69, 9.17) is 4.74 Å². The molecule has 1 N–H and O–H groups in total. The van der Waals surface area contributed by atoms with Gasteiger partial charge in [0.15, 0.2) is 0 Å². The third kappa shape index (κ3) is 4.49. The summed E-state index contributed by atoms with van der Waals surface area (Å²) in [5.74, 6) is -0.189. The van der Waals surface area contributed by atoms with Gasteiger partial charge in [-0.1, -0.05) is 11.8 Å². The summed E-state index contributed by atoms with van der Waals surface area (Å²) in [4.78, 5) is 22.2. The van der Waals surface area contributed by atoms with Crippen molar-refractivity contribution in [3.8, 4) is 0 Å². The van der Waals surface area contributed by atoms with E-state index in [-0.39, 0.29) is 16.1 Å². The number of morpholine rings is 1. The maximum Gasteiger partial charge on any atom is 0.243 e. The number of aromatic nitrogens is 2. The molecule has 0 bridgehead atoms. The number of carbonyl (C=O) groups excluding carboxylic acids is 1. The molecule has 1 aliphatic heterocycles. The highest BCUT2D eigenvalue weighted by Gasteiger charge is 2.26. The average Bonchev–Trinajstić information content (AvgIpc) is 3.25. The molecule has 1 aliphatic rings. The molecule has 1 fully saturated rings. The third-order valence-corrected chi connectivity index (χ3v) is 8.46. The van der Waals surface area contributed by atoms with Crippen LogP contribution < -0.4 is 5.32 Å². The van der Waals surface area contributed by atoms with E-state index in [9.17, 15) is 13.2 Å². The zero-order valence-corrected chi connectivity index (χ0v) is 18.6. The van der Waals surface area contributed by atoms with E-state index < -0.39 is 10.0 Å². The van der Waals surface area contributed by atoms with E-state index in [1.54, 1.807) is 19.1 Å². The van der Waals surface area contributed by atoms with Crippen molar-refractivity contribution in [1.82, 2.24) is 14.3 Å². The molecule has 1 saturated heterocycles. The quantitative estimate of drug-likeness (QED) is 0.442. The van der Waals surface area contributed by atoms with Gasteiger partial charge in [0.25, 0.3) is 0 Å². The number of carbonyl (C=O) groups is 1. The van der Waals surface area contributed by atoms with E-state index in [1.165, 1.54) is 45.9 Å². The van der Waals surface area contributed by atoms with Gasteiger partial charge in [0.2, 0.25) is 15.9 Å². The van der Waals surface area contributed by atoms with Crippen molar-refractivity contribution in [1.29, 1.82) is 0 Å². The fourth-order valence-electron chi connectivity index (χ4n) is 2.97. The van der Waals surface area contributed by atoms with Crippen LogP contribution in [0.1, 0.15) is 6.92 Å². The Balaban J connectivity index is 1.41. The van der Waals surface area contributed by atoms with E-state index >= 15 is 0 Å². The number of hydrogen-bond donors (Lipinski definition) is 1. The predicted molar refractivity (Wildman–Crippen MR) is 117 cm³/mol. The maximum atomic E-state index is 12.7. The second kappa shape index (κ2) is 8.98. The van der Waals surface area contributed by atoms with Gasteiger partial charge in [0.1, 0.15) is 16.2 Å². The van der Waals surface area contributed by atoms with Crippen molar-refractivity contribution < 1.29 is 17.9 Å². The largest absolute Gasteiger partial charge is 0.379 e. The molecule has 8 nitrogen and oxygen atoms in total. The highest BCUT2D eigenvalue weighted by Crippen LogP contribution is 2.30. The molecule has 1 aromatic carbocycles. The monoisotopic (exact) mass is 464 g/mol. The van der Waals surface area contributed by atoms with Gasteiger partial charge < -0.3 is 10.1 Å². The summed E-state index contributed by atoms with van der Waals surface area (Å²) in [6.07, 6.45) is 1.50. The Morgan fingerprint density at radius 3 is 2.67 bits per heavy atom. The zero-order chi connectivity index (χ0) is 21.1. The summed E-state index contributed by atoms with van der Waals surface area (Å²) < 4.78 is 32.0. The number of nitrogens with one attached hydrogen (secondary N) is 1. The van der Waals surface area contributed by atoms with Crippen molar-refractivity contribution in [2.75, 3.05) is 31.6 Å². The second-order valence-electron chi connectivity index (χ2n) is 6.61. The van der Waals surface area contributed by atoms with Crippen molar-refractivity contribution >= 4 is 54.9 Å². The van der Waals surface area contributed by atoms with Gasteiger partial charge >= 0.3 is 0 Å². The summed E-state index contributed by atoms with van der Waals surface area (Å²) in [6.45, 7) is 3.28. The molecule has 30 heavy (non-hydrogen) atoms. The summed E-state index contributed by atoms with van der Waals surface area (Å²) in [5, 5.41) is 6.08. The van der Waals surface area contributed by atoms with Crippen LogP contribution in [0.5, 0.6) is 0 Å². The van der Waals surface area contributed by atoms with Crippen LogP contribution in [-0.2, 0) is 19.6 Å². The Kier molecular flexibility index (Phi) is 6.34. The highest BCUT2D eigenvalue weighted by atomic mass is 32.2. The van der Waals surface area contributed by atoms with Crippen molar-refractivity contribution in [2.24, 2.45) is 0 Å². The van der Waals surface area contributed by atoms with Gasteiger partial charge in [0.05, 0.1) is 23.4 Å². The number of thioether (sulfide) groups is 1. The first kappa shape index (κ1) is 21.2. The molecule has 1 amide bonds. The number of nitrogens with zero attached hydrogens (tertiary/aromatic N) is 3.